The summed E-state index contributed by atoms with van der Waals surface area (Å²) in [5, 5.41) is 90.9. The monoisotopic (exact) mass is 1040 g/mol. The van der Waals surface area contributed by atoms with E-state index >= 15 is 4.79 Å². The Bertz CT molecular complexity index is 2470. The molecule has 2 heterocycles. The van der Waals surface area contributed by atoms with Gasteiger partial charge in [-0.2, -0.15) is 0 Å². The van der Waals surface area contributed by atoms with E-state index in [1.165, 1.54) is 12.5 Å². The minimum absolute atomic E-state index is 0.00417. The molecule has 16 heteroatoms. The number of cyclic esters (lactones) is 1. The molecule has 8 aliphatic carbocycles. The van der Waals surface area contributed by atoms with Crippen LogP contribution in [0, 0.1) is 93.7 Å². The maximum absolute atomic E-state index is 15.7. The molecule has 75 heavy (non-hydrogen) atoms. The van der Waals surface area contributed by atoms with E-state index in [1.54, 1.807) is 13.1 Å². The Labute approximate surface area is 442 Å². The smallest absolute Gasteiger partial charge is 0.313 e. The third-order valence-corrected chi connectivity index (χ3v) is 21.8. The lowest BCUT2D eigenvalue weighted by molar-refractivity contribution is -0.203. The SMILES string of the molecule is CC(=O)CNC1=C2[C@H](CC[C@]3(CCN=C(N)N)[C@@H]4[C@@H](CC#C[C@H]([C@@H]5COC(=O)[C@H]5c5cc[nH]c5)C[C@@H]5[C@@H](CC=C6CC[C@H](C)C[C@H]65)[C@H](C(O)O)C[C@@H](O)[C@]4(C)O)C[C@@]23O)[C@@]2(C3CCCCC3)C[C@H](O)[C@H](O)C[C@H]2C1=O. The molecular formula is C59H85N5O11. The highest BCUT2D eigenvalue weighted by Gasteiger charge is 2.75. The second-order valence-electron chi connectivity index (χ2n) is 25.6. The largest absolute Gasteiger partial charge is 0.465 e. The first-order chi connectivity index (χ1) is 35.7. The number of ether oxygens (including phenoxy) is 1. The number of aliphatic imine (C=N–C) groups is 1. The fraction of sp³-hybridized carbons (Fsp3) is 0.763. The number of hydrogen-bond acceptors (Lipinski definition) is 13. The minimum atomic E-state index is -2.02. The van der Waals surface area contributed by atoms with Gasteiger partial charge in [-0.1, -0.05) is 43.8 Å². The summed E-state index contributed by atoms with van der Waals surface area (Å²) in [5.41, 5.74) is 8.71. The second kappa shape index (κ2) is 20.9. The van der Waals surface area contributed by atoms with Gasteiger partial charge in [-0.05, 0) is 168 Å². The molecule has 1 aromatic heterocycles. The zero-order chi connectivity index (χ0) is 53.4. The standard InChI is InChI=1S/C59H85N5O11/c1-31-12-13-33-14-15-38-40(39(33)22-31)23-34(42-30-75-54(72)48(42)36-17-20-62-29-36)8-7-9-35-26-59(74)49-43(16-18-57(59,19-21-63-55(60)61)52(35)56(3,73)47(68)24-41(38)53(70)71)58(37-10-5-4-6-11-37)27-46(67)45(66)25-44(58)51(69)50(49)64-28-32(2)65/h14,17,20,29,31,34-35,37-48,52-53,62,64,66-68,70-71,73-74H,4-6,9-13,15-16,18-19,21-28,30H2,1-3H3,(H4,60,61,63)/t31-,34-,35-,38+,39+,40+,41+,42-,43-,44-,45+,46-,47+,48-,52+,56-,57-,58-,59+/m0/s1. The quantitative estimate of drug-likeness (QED) is 0.0390. The van der Waals surface area contributed by atoms with Gasteiger partial charge in [0.05, 0.1) is 54.3 Å². The second-order valence-corrected chi connectivity index (χ2v) is 25.6. The van der Waals surface area contributed by atoms with Crippen molar-refractivity contribution in [1.29, 1.82) is 0 Å². The number of esters is 1. The zero-order valence-electron chi connectivity index (χ0n) is 44.3. The molecule has 5 saturated carbocycles. The van der Waals surface area contributed by atoms with E-state index in [2.05, 4.69) is 40.1 Å². The van der Waals surface area contributed by atoms with Gasteiger partial charge in [0.2, 0.25) is 0 Å². The molecule has 412 valence electrons. The van der Waals surface area contributed by atoms with Crippen molar-refractivity contribution in [2.75, 3.05) is 19.7 Å². The van der Waals surface area contributed by atoms with E-state index < -0.39 is 88.1 Å². The average molecular weight is 1040 g/mol. The van der Waals surface area contributed by atoms with E-state index in [4.69, 9.17) is 16.2 Å². The highest BCUT2D eigenvalue weighted by molar-refractivity contribution is 6.00. The van der Waals surface area contributed by atoms with Crippen LogP contribution in [0.1, 0.15) is 148 Å². The van der Waals surface area contributed by atoms with Gasteiger partial charge in [0, 0.05) is 60.4 Å². The molecule has 9 aliphatic rings. The number of carbonyl (C=O) groups is 3. The third-order valence-electron chi connectivity index (χ3n) is 21.8. The number of nitrogens with zero attached hydrogens (tertiary/aromatic N) is 1. The number of aliphatic hydroxyl groups excluding tert-OH is 4. The van der Waals surface area contributed by atoms with Crippen LogP contribution >= 0.6 is 0 Å². The third kappa shape index (κ3) is 9.23. The summed E-state index contributed by atoms with van der Waals surface area (Å²) in [6, 6.07) is 1.90. The van der Waals surface area contributed by atoms with Crippen LogP contribution in [0.3, 0.4) is 0 Å². The predicted molar refractivity (Wildman–Crippen MR) is 279 cm³/mol. The summed E-state index contributed by atoms with van der Waals surface area (Å²) in [6.45, 7) is 5.28. The molecule has 1 aromatic rings. The van der Waals surface area contributed by atoms with E-state index in [9.17, 15) is 45.3 Å². The van der Waals surface area contributed by atoms with Crippen LogP contribution in [0.15, 0.2) is 46.4 Å². The summed E-state index contributed by atoms with van der Waals surface area (Å²) >= 11 is 0. The summed E-state index contributed by atoms with van der Waals surface area (Å²) in [6.07, 6.45) is 9.85. The number of fused-ring (bicyclic) bond motifs is 10. The van der Waals surface area contributed by atoms with Crippen LogP contribution in [0.25, 0.3) is 0 Å². The number of ketones is 2. The number of Topliss-reactive ketones (excluding diaryl/α,β-unsaturated/α-hetero) is 2. The summed E-state index contributed by atoms with van der Waals surface area (Å²) in [4.78, 5) is 50.0. The Balaban J connectivity index is 1.17. The summed E-state index contributed by atoms with van der Waals surface area (Å²) < 4.78 is 5.90. The first-order valence-electron chi connectivity index (χ1n) is 28.6. The van der Waals surface area contributed by atoms with Crippen molar-refractivity contribution in [3.8, 4) is 11.8 Å². The molecule has 0 radical (unpaired) electrons. The number of nitrogens with one attached hydrogen (secondary N) is 2. The molecule has 16 nitrogen and oxygen atoms in total. The maximum Gasteiger partial charge on any atom is 0.313 e. The van der Waals surface area contributed by atoms with E-state index in [-0.39, 0.29) is 117 Å². The molecule has 0 unspecified atom stereocenters. The number of aliphatic hydroxyl groups is 7. The number of rotatable bonds is 10. The van der Waals surface area contributed by atoms with Gasteiger partial charge in [-0.3, -0.25) is 19.4 Å². The number of nitrogens with two attached hydrogens (primary N) is 2. The Morgan fingerprint density at radius 2 is 1.75 bits per heavy atom. The molecule has 6 fully saturated rings. The average Bonchev–Trinajstić information content (AvgIpc) is 4.21. The van der Waals surface area contributed by atoms with Crippen LogP contribution in [0.4, 0.5) is 0 Å². The van der Waals surface area contributed by atoms with Gasteiger partial charge in [-0.15, -0.1) is 5.92 Å². The Morgan fingerprint density at radius 1 is 0.973 bits per heavy atom. The van der Waals surface area contributed by atoms with Crippen molar-refractivity contribution in [2.45, 2.75) is 178 Å². The lowest BCUT2D eigenvalue weighted by Crippen LogP contribution is -2.67. The Hall–Kier alpha value is -4.08. The number of hydrogen-bond donors (Lipinski definition) is 11. The fourth-order valence-electron chi connectivity index (χ4n) is 18.6. The fourth-order valence-corrected chi connectivity index (χ4v) is 18.6. The maximum atomic E-state index is 15.7. The normalized spacial score (nSPS) is 44.1. The topological polar surface area (TPSA) is 294 Å². The number of allylic oxidation sites excluding steroid dienone is 3. The van der Waals surface area contributed by atoms with E-state index in [0.717, 1.165) is 56.9 Å². The van der Waals surface area contributed by atoms with Crippen molar-refractivity contribution in [3.05, 3.63) is 46.9 Å². The molecule has 1 saturated heterocycles. The van der Waals surface area contributed by atoms with Crippen LogP contribution in [0.2, 0.25) is 0 Å². The van der Waals surface area contributed by atoms with Crippen LogP contribution in [0.5, 0.6) is 0 Å². The zero-order valence-corrected chi connectivity index (χ0v) is 44.3. The lowest BCUT2D eigenvalue weighted by Gasteiger charge is -2.65. The number of aromatic amines is 1. The van der Waals surface area contributed by atoms with Gasteiger partial charge < -0.3 is 62.3 Å². The molecule has 13 N–H and O–H groups in total. The van der Waals surface area contributed by atoms with Gasteiger partial charge >= 0.3 is 5.97 Å². The molecule has 0 amide bonds. The van der Waals surface area contributed by atoms with E-state index in [0.29, 0.717) is 37.2 Å². The van der Waals surface area contributed by atoms with Crippen molar-refractivity contribution >= 4 is 23.5 Å². The molecule has 10 rings (SSSR count). The summed E-state index contributed by atoms with van der Waals surface area (Å²) in [7, 11) is 0. The predicted octanol–water partition coefficient (Wildman–Crippen LogP) is 4.25. The first kappa shape index (κ1) is 54.3. The molecule has 19 atom stereocenters. The van der Waals surface area contributed by atoms with E-state index in [1.807, 2.05) is 12.3 Å². The highest BCUT2D eigenvalue weighted by Crippen LogP contribution is 2.74. The Kier molecular flexibility index (Phi) is 15.2. The first-order valence-corrected chi connectivity index (χ1v) is 28.6. The van der Waals surface area contributed by atoms with Crippen LogP contribution in [-0.2, 0) is 19.1 Å². The number of H-pyrrole nitrogens is 1. The summed E-state index contributed by atoms with van der Waals surface area (Å²) in [5.74, 6) is 1.47. The van der Waals surface area contributed by atoms with Crippen molar-refractivity contribution < 1.29 is 54.9 Å². The molecule has 0 aromatic carbocycles. The van der Waals surface area contributed by atoms with Crippen molar-refractivity contribution in [2.24, 2.45) is 98.3 Å². The highest BCUT2D eigenvalue weighted by atomic mass is 16.5. The number of carbonyl (C=O) groups excluding carboxylic acids is 3. The van der Waals surface area contributed by atoms with Gasteiger partial charge in [0.1, 0.15) is 5.78 Å². The van der Waals surface area contributed by atoms with Gasteiger partial charge in [0.25, 0.3) is 0 Å². The lowest BCUT2D eigenvalue weighted by atomic mass is 9.40. The number of guanidine groups is 1. The van der Waals surface area contributed by atoms with Gasteiger partial charge in [0.15, 0.2) is 18.0 Å². The minimum Gasteiger partial charge on any atom is -0.465 e. The Morgan fingerprint density at radius 3 is 2.45 bits per heavy atom. The van der Waals surface area contributed by atoms with Crippen molar-refractivity contribution in [1.82, 2.24) is 10.3 Å². The molecule has 1 aliphatic heterocycles. The van der Waals surface area contributed by atoms with Crippen LogP contribution in [-0.4, -0.2) is 120 Å². The van der Waals surface area contributed by atoms with Crippen molar-refractivity contribution in [3.63, 3.8) is 0 Å². The van der Waals surface area contributed by atoms with Crippen LogP contribution < -0.4 is 16.8 Å². The molecule has 0 bridgehead atoms. The number of aromatic nitrogens is 1. The van der Waals surface area contributed by atoms with Gasteiger partial charge in [-0.25, -0.2) is 0 Å². The molecule has 0 spiro atoms. The molecular weight excluding hydrogens is 955 g/mol.